The van der Waals surface area contributed by atoms with Crippen LogP contribution in [0.5, 0.6) is 5.75 Å². The first-order valence-corrected chi connectivity index (χ1v) is 9.74. The van der Waals surface area contributed by atoms with Crippen molar-refractivity contribution in [1.82, 2.24) is 14.8 Å². The fraction of sp³-hybridized carbons (Fsp3) is 0.421. The lowest BCUT2D eigenvalue weighted by Gasteiger charge is -2.29. The van der Waals surface area contributed by atoms with Gasteiger partial charge in [0.05, 0.1) is 19.3 Å². The van der Waals surface area contributed by atoms with Crippen LogP contribution in [-0.2, 0) is 9.53 Å². The minimum Gasteiger partial charge on any atom is -0.496 e. The van der Waals surface area contributed by atoms with Crippen LogP contribution in [0.4, 0.5) is 5.95 Å². The Hall–Kier alpha value is -2.35. The zero-order chi connectivity index (χ0) is 19.4. The third kappa shape index (κ3) is 4.00. The standard InChI is InChI=1S/C19H23BrN4O3/c1-4-5-6-9-27-18(25)16-12(2)23-19-21-11-22-24(19)17(16)14-10-13(20)7-8-15(14)26-3/h7-8,10-11,17H,4-6,9H2,1-3H3,(H,21,22,23)/t17-/m0/s1. The maximum absolute atomic E-state index is 12.9. The van der Waals surface area contributed by atoms with Crippen LogP contribution in [0.1, 0.15) is 44.7 Å². The molecule has 144 valence electrons. The van der Waals surface area contributed by atoms with E-state index in [2.05, 4.69) is 38.3 Å². The number of esters is 1. The van der Waals surface area contributed by atoms with E-state index in [0.29, 0.717) is 29.6 Å². The number of hydrogen-bond acceptors (Lipinski definition) is 6. The lowest BCUT2D eigenvalue weighted by Crippen LogP contribution is -2.30. The maximum atomic E-state index is 12.9. The van der Waals surface area contributed by atoms with Crippen molar-refractivity contribution < 1.29 is 14.3 Å². The van der Waals surface area contributed by atoms with Crippen molar-refractivity contribution in [3.63, 3.8) is 0 Å². The van der Waals surface area contributed by atoms with Gasteiger partial charge in [0.15, 0.2) is 0 Å². The van der Waals surface area contributed by atoms with Gasteiger partial charge in [-0.2, -0.15) is 10.1 Å². The summed E-state index contributed by atoms with van der Waals surface area (Å²) < 4.78 is 13.7. The van der Waals surface area contributed by atoms with Gasteiger partial charge in [-0.25, -0.2) is 9.48 Å². The summed E-state index contributed by atoms with van der Waals surface area (Å²) in [5.41, 5.74) is 2.00. The molecule has 27 heavy (non-hydrogen) atoms. The van der Waals surface area contributed by atoms with E-state index in [1.54, 1.807) is 11.8 Å². The predicted octanol–water partition coefficient (Wildman–Crippen LogP) is 4.07. The van der Waals surface area contributed by atoms with Crippen molar-refractivity contribution in [3.8, 4) is 5.75 Å². The molecule has 0 fully saturated rings. The molecule has 0 aliphatic carbocycles. The van der Waals surface area contributed by atoms with Gasteiger partial charge >= 0.3 is 5.97 Å². The number of methoxy groups -OCH3 is 1. The maximum Gasteiger partial charge on any atom is 0.338 e. The van der Waals surface area contributed by atoms with Gasteiger partial charge in [-0.05, 0) is 31.5 Å². The van der Waals surface area contributed by atoms with Gasteiger partial charge in [0, 0.05) is 15.7 Å². The summed E-state index contributed by atoms with van der Waals surface area (Å²) in [4.78, 5) is 17.2. The van der Waals surface area contributed by atoms with Crippen LogP contribution >= 0.6 is 15.9 Å². The fourth-order valence-corrected chi connectivity index (χ4v) is 3.54. The number of carbonyl (C=O) groups is 1. The second-order valence-electron chi connectivity index (χ2n) is 6.32. The molecule has 0 radical (unpaired) electrons. The summed E-state index contributed by atoms with van der Waals surface area (Å²) in [6.45, 7) is 4.36. The molecule has 3 rings (SSSR count). The highest BCUT2D eigenvalue weighted by molar-refractivity contribution is 9.10. The lowest BCUT2D eigenvalue weighted by molar-refractivity contribution is -0.139. The number of ether oxygens (including phenoxy) is 2. The Kier molecular flexibility index (Phi) is 6.15. The van der Waals surface area contributed by atoms with E-state index in [4.69, 9.17) is 9.47 Å². The molecule has 8 heteroatoms. The van der Waals surface area contributed by atoms with E-state index in [-0.39, 0.29) is 5.97 Å². The van der Waals surface area contributed by atoms with E-state index in [1.807, 2.05) is 25.1 Å². The molecule has 2 heterocycles. The van der Waals surface area contributed by atoms with E-state index in [0.717, 1.165) is 29.3 Å². The summed E-state index contributed by atoms with van der Waals surface area (Å²) in [5.74, 6) is 0.877. The average molecular weight is 435 g/mol. The van der Waals surface area contributed by atoms with Gasteiger partial charge < -0.3 is 14.8 Å². The molecule has 0 spiro atoms. The van der Waals surface area contributed by atoms with Crippen molar-refractivity contribution in [3.05, 3.63) is 45.8 Å². The van der Waals surface area contributed by atoms with Gasteiger partial charge in [-0.1, -0.05) is 35.7 Å². The number of fused-ring (bicyclic) bond motifs is 1. The average Bonchev–Trinajstić information content (AvgIpc) is 3.11. The minimum atomic E-state index is -0.491. The quantitative estimate of drug-likeness (QED) is 0.522. The van der Waals surface area contributed by atoms with Crippen LogP contribution in [-0.4, -0.2) is 34.5 Å². The number of rotatable bonds is 7. The first kappa shape index (κ1) is 19.4. The molecule has 0 saturated heterocycles. The Morgan fingerprint density at radius 3 is 2.93 bits per heavy atom. The fourth-order valence-electron chi connectivity index (χ4n) is 3.16. The molecule has 1 atom stereocenters. The Bertz CT molecular complexity index is 862. The van der Waals surface area contributed by atoms with Gasteiger partial charge in [0.25, 0.3) is 0 Å². The first-order chi connectivity index (χ1) is 13.1. The summed E-state index contributed by atoms with van der Waals surface area (Å²) in [6, 6.07) is 5.19. The topological polar surface area (TPSA) is 78.3 Å². The van der Waals surface area contributed by atoms with Crippen LogP contribution in [0.3, 0.4) is 0 Å². The normalized spacial score (nSPS) is 15.9. The molecule has 1 N–H and O–H groups in total. The van der Waals surface area contributed by atoms with Gasteiger partial charge in [-0.15, -0.1) is 0 Å². The Morgan fingerprint density at radius 1 is 1.37 bits per heavy atom. The van der Waals surface area contributed by atoms with Crippen molar-refractivity contribution in [1.29, 1.82) is 0 Å². The molecule has 2 aromatic rings. The number of halogens is 1. The first-order valence-electron chi connectivity index (χ1n) is 8.94. The molecule has 0 saturated carbocycles. The largest absolute Gasteiger partial charge is 0.496 e. The Morgan fingerprint density at radius 2 is 2.19 bits per heavy atom. The molecule has 1 aliphatic rings. The number of nitrogens with zero attached hydrogens (tertiary/aromatic N) is 3. The second kappa shape index (κ2) is 8.56. The third-order valence-corrected chi connectivity index (χ3v) is 4.97. The molecule has 0 amide bonds. The second-order valence-corrected chi connectivity index (χ2v) is 7.24. The predicted molar refractivity (Wildman–Crippen MR) is 106 cm³/mol. The van der Waals surface area contributed by atoms with Gasteiger partial charge in [-0.3, -0.25) is 0 Å². The van der Waals surface area contributed by atoms with Gasteiger partial charge in [0.2, 0.25) is 5.95 Å². The SMILES string of the molecule is CCCCCOC(=O)C1=C(C)Nc2ncnn2[C@H]1c1cc(Br)ccc1OC. The highest BCUT2D eigenvalue weighted by Crippen LogP contribution is 2.40. The van der Waals surface area contributed by atoms with E-state index < -0.39 is 6.04 Å². The van der Waals surface area contributed by atoms with Crippen LogP contribution in [0.25, 0.3) is 0 Å². The van der Waals surface area contributed by atoms with Crippen LogP contribution in [0.15, 0.2) is 40.3 Å². The number of allylic oxidation sites excluding steroid dienone is 1. The summed E-state index contributed by atoms with van der Waals surface area (Å²) in [7, 11) is 1.61. The molecule has 1 aromatic carbocycles. The zero-order valence-corrected chi connectivity index (χ0v) is 17.2. The Labute approximate surface area is 166 Å². The van der Waals surface area contributed by atoms with Crippen LogP contribution < -0.4 is 10.1 Å². The van der Waals surface area contributed by atoms with Crippen molar-refractivity contribution >= 4 is 27.8 Å². The number of anilines is 1. The van der Waals surface area contributed by atoms with Crippen LogP contribution in [0.2, 0.25) is 0 Å². The number of unbranched alkanes of at least 4 members (excludes halogenated alkanes) is 2. The molecule has 7 nitrogen and oxygen atoms in total. The monoisotopic (exact) mass is 434 g/mol. The molecular formula is C19H23BrN4O3. The van der Waals surface area contributed by atoms with Crippen molar-refractivity contribution in [2.45, 2.75) is 39.2 Å². The highest BCUT2D eigenvalue weighted by Gasteiger charge is 2.36. The van der Waals surface area contributed by atoms with E-state index in [9.17, 15) is 4.79 Å². The van der Waals surface area contributed by atoms with Gasteiger partial charge in [0.1, 0.15) is 18.1 Å². The number of carbonyl (C=O) groups excluding carboxylic acids is 1. The van der Waals surface area contributed by atoms with Crippen molar-refractivity contribution in [2.75, 3.05) is 19.0 Å². The minimum absolute atomic E-state index is 0.357. The number of aromatic nitrogens is 3. The zero-order valence-electron chi connectivity index (χ0n) is 15.7. The molecule has 0 unspecified atom stereocenters. The Balaban J connectivity index is 2.02. The number of hydrogen-bond donors (Lipinski definition) is 1. The summed E-state index contributed by atoms with van der Waals surface area (Å²) >= 11 is 3.51. The van der Waals surface area contributed by atoms with Crippen LogP contribution in [0, 0.1) is 0 Å². The third-order valence-electron chi connectivity index (χ3n) is 4.48. The number of benzene rings is 1. The number of nitrogens with one attached hydrogen (secondary N) is 1. The van der Waals surface area contributed by atoms with E-state index >= 15 is 0 Å². The molecule has 1 aromatic heterocycles. The highest BCUT2D eigenvalue weighted by atomic mass is 79.9. The summed E-state index contributed by atoms with van der Waals surface area (Å²) in [6.07, 6.45) is 4.41. The molecular weight excluding hydrogens is 412 g/mol. The van der Waals surface area contributed by atoms with Crippen molar-refractivity contribution in [2.24, 2.45) is 0 Å². The summed E-state index contributed by atoms with van der Waals surface area (Å²) in [5, 5.41) is 7.47. The smallest absolute Gasteiger partial charge is 0.338 e. The van der Waals surface area contributed by atoms with E-state index in [1.165, 1.54) is 6.33 Å². The lowest BCUT2D eigenvalue weighted by atomic mass is 9.95. The molecule has 0 bridgehead atoms. The molecule has 1 aliphatic heterocycles.